The summed E-state index contributed by atoms with van der Waals surface area (Å²) in [5.41, 5.74) is 3.94. The van der Waals surface area contributed by atoms with E-state index in [9.17, 15) is 29.7 Å². The third kappa shape index (κ3) is 6.97. The minimum atomic E-state index is -1.54. The number of aliphatic hydroxyl groups excluding tert-OH is 2. The summed E-state index contributed by atoms with van der Waals surface area (Å²) >= 11 is 6.80. The monoisotopic (exact) mass is 846 g/mol. The maximum atomic E-state index is 14.1. The van der Waals surface area contributed by atoms with E-state index in [1.54, 1.807) is 69.3 Å². The van der Waals surface area contributed by atoms with E-state index in [1.807, 2.05) is 0 Å². The van der Waals surface area contributed by atoms with Gasteiger partial charge in [0.2, 0.25) is 0 Å². The summed E-state index contributed by atoms with van der Waals surface area (Å²) in [5.74, 6) is -2.50. The highest BCUT2D eigenvalue weighted by atomic mass is 35.5. The number of esters is 2. The number of allylic oxidation sites excluding steroid dienone is 2. The molecule has 1 saturated heterocycles. The number of nitrogens with zero attached hydrogens (tertiary/aromatic N) is 1. The fourth-order valence-corrected chi connectivity index (χ4v) is 8.95. The van der Waals surface area contributed by atoms with Crippen LogP contribution < -0.4 is 25.3 Å². The van der Waals surface area contributed by atoms with Crippen LogP contribution in [-0.4, -0.2) is 102 Å². The Balaban J connectivity index is 1.23. The number of ether oxygens (including phenoxy) is 7. The Hall–Kier alpha value is -5.46. The lowest BCUT2D eigenvalue weighted by molar-refractivity contribution is -0.425. The number of carbonyl (C=O) groups is 3. The van der Waals surface area contributed by atoms with Crippen molar-refractivity contribution in [2.75, 3.05) is 33.1 Å². The lowest BCUT2D eigenvalue weighted by Gasteiger charge is -2.51. The highest BCUT2D eigenvalue weighted by molar-refractivity contribution is 6.32. The molecule has 316 valence electrons. The number of likely N-dealkylation sites (N-methyl/N-ethyl adjacent to an activating group) is 1. The second-order valence-electron chi connectivity index (χ2n) is 16.0. The number of quaternary nitrogens is 1. The molecule has 6 bridgehead atoms. The van der Waals surface area contributed by atoms with Crippen LogP contribution in [0, 0.1) is 0 Å². The van der Waals surface area contributed by atoms with E-state index in [0.29, 0.717) is 27.8 Å². The molecule has 1 amide bonds. The molecule has 3 aromatic rings. The van der Waals surface area contributed by atoms with E-state index >= 15 is 0 Å². The number of benzene rings is 3. The zero-order chi connectivity index (χ0) is 43.0. The first kappa shape index (κ1) is 41.3. The summed E-state index contributed by atoms with van der Waals surface area (Å²) in [7, 11) is 4.95. The number of fused-ring (bicyclic) bond motifs is 2. The normalized spacial score (nSPS) is 28.9. The number of aromatic hydroxyl groups is 1. The number of anilines is 1. The summed E-state index contributed by atoms with van der Waals surface area (Å²) < 4.78 is 42.7. The molecule has 0 radical (unpaired) electrons. The van der Waals surface area contributed by atoms with Crippen molar-refractivity contribution in [3.8, 4) is 23.0 Å². The summed E-state index contributed by atoms with van der Waals surface area (Å²) in [4.78, 5) is 41.8. The molecule has 0 spiro atoms. The number of rotatable bonds is 6. The average Bonchev–Trinajstić information content (AvgIpc) is 3.70. The molecular formula is C43H45ClN3O13+. The summed E-state index contributed by atoms with van der Waals surface area (Å²) in [6.45, 7) is 6.75. The molecule has 8 aliphatic rings. The number of aliphatic hydroxyl groups is 2. The number of hydrogen-bond acceptors (Lipinski definition) is 14. The number of phenols is 1. The van der Waals surface area contributed by atoms with Crippen molar-refractivity contribution in [3.63, 3.8) is 0 Å². The number of phenolic OH excluding ortho intramolecular Hbond substituents is 1. The molecule has 0 saturated carbocycles. The van der Waals surface area contributed by atoms with Crippen LogP contribution in [0.15, 0.2) is 73.0 Å². The van der Waals surface area contributed by atoms with Crippen LogP contribution in [0.2, 0.25) is 5.02 Å². The van der Waals surface area contributed by atoms with Crippen molar-refractivity contribution >= 4 is 40.7 Å². The maximum Gasteiger partial charge on any atom is 0.341 e. The predicted molar refractivity (Wildman–Crippen MR) is 213 cm³/mol. The van der Waals surface area contributed by atoms with Gasteiger partial charge >= 0.3 is 11.9 Å². The van der Waals surface area contributed by atoms with Crippen LogP contribution >= 0.6 is 11.6 Å². The van der Waals surface area contributed by atoms with Crippen LogP contribution in [0.25, 0.3) is 5.57 Å². The van der Waals surface area contributed by atoms with Gasteiger partial charge in [-0.1, -0.05) is 42.5 Å². The maximum absolute atomic E-state index is 14.1. The molecular weight excluding hydrogens is 802 g/mol. The largest absolute Gasteiger partial charge is 0.504 e. The van der Waals surface area contributed by atoms with Crippen molar-refractivity contribution in [1.29, 1.82) is 0 Å². The SMILES string of the molecule is C=C1Oc2cc(OC)cc(C(=O)OC3COC(=O)CC([NH3+])c4cc(O)c(c(Cl)c4)OC4c5ccc3cc5C3=CC=CC34OC3OC(C)(C)C(N(C)C)C(O)C3O)c2NC1=O. The van der Waals surface area contributed by atoms with Gasteiger partial charge in [-0.25, -0.2) is 4.79 Å². The number of halogens is 1. The van der Waals surface area contributed by atoms with Gasteiger partial charge in [0.05, 0.1) is 35.0 Å². The third-order valence-corrected chi connectivity index (χ3v) is 11.7. The van der Waals surface area contributed by atoms with Gasteiger partial charge in [-0.05, 0) is 75.0 Å². The van der Waals surface area contributed by atoms with Crippen LogP contribution in [0.5, 0.6) is 23.0 Å². The van der Waals surface area contributed by atoms with Gasteiger partial charge in [-0.15, -0.1) is 0 Å². The van der Waals surface area contributed by atoms with Crippen LogP contribution in [0.4, 0.5) is 5.69 Å². The predicted octanol–water partition coefficient (Wildman–Crippen LogP) is 3.66. The number of carbonyl (C=O) groups excluding carboxylic acids is 3. The van der Waals surface area contributed by atoms with E-state index in [2.05, 4.69) is 17.6 Å². The molecule has 0 aromatic heterocycles. The number of nitrogens with one attached hydrogen (secondary N) is 1. The van der Waals surface area contributed by atoms with Gasteiger partial charge < -0.3 is 64.4 Å². The topological polar surface area (TPSA) is 219 Å². The fraction of sp³-hybridized carbons (Fsp3) is 0.372. The van der Waals surface area contributed by atoms with Crippen molar-refractivity contribution in [3.05, 3.63) is 106 Å². The zero-order valence-electron chi connectivity index (χ0n) is 33.4. The lowest BCUT2D eigenvalue weighted by atomic mass is 9.86. The van der Waals surface area contributed by atoms with Gasteiger partial charge in [0.15, 0.2) is 47.1 Å². The number of hydrogen-bond donors (Lipinski definition) is 5. The second-order valence-corrected chi connectivity index (χ2v) is 16.4. The Morgan fingerprint density at radius 3 is 2.57 bits per heavy atom. The molecule has 3 aromatic carbocycles. The van der Waals surface area contributed by atoms with Gasteiger partial charge in [-0.2, -0.15) is 0 Å². The highest BCUT2D eigenvalue weighted by Gasteiger charge is 2.58. The standard InChI is InChI=1S/C43H44ClN3O13/c1-19-39(52)46-33-25(15-22(54-6)16-30(33)56-19)40(53)57-31-18-55-32(49)17-28(45)21-13-27(44)36(29(48)14-21)58-38-23-10-9-20(31)12-24(23)26-8-7-11-43(26,38)60-41-35(51)34(50)37(47(4)5)42(2,3)59-41/h7-16,28,31,34-35,37-38,41,48,50-51H,1,17-18,45H2,2-6H3,(H,46,52)/p+1. The third-order valence-electron chi connectivity index (χ3n) is 11.5. The molecule has 8 atom stereocenters. The van der Waals surface area contributed by atoms with E-state index in [-0.39, 0.29) is 51.5 Å². The quantitative estimate of drug-likeness (QED) is 0.177. The smallest absolute Gasteiger partial charge is 0.341 e. The molecule has 60 heavy (non-hydrogen) atoms. The molecule has 17 heteroatoms. The van der Waals surface area contributed by atoms with Crippen LogP contribution in [0.1, 0.15) is 71.1 Å². The Labute approximate surface area is 349 Å². The minimum Gasteiger partial charge on any atom is -0.504 e. The van der Waals surface area contributed by atoms with Gasteiger partial charge in [-0.3, -0.25) is 9.59 Å². The first-order valence-electron chi connectivity index (χ1n) is 19.1. The van der Waals surface area contributed by atoms with E-state index < -0.39 is 78.4 Å². The minimum absolute atomic E-state index is 0.0313. The number of methoxy groups -OCH3 is 1. The van der Waals surface area contributed by atoms with Crippen LogP contribution in [-0.2, 0) is 28.5 Å². The molecule has 6 aliphatic heterocycles. The Morgan fingerprint density at radius 1 is 1.08 bits per heavy atom. The zero-order valence-corrected chi connectivity index (χ0v) is 34.1. The van der Waals surface area contributed by atoms with Crippen molar-refractivity contribution in [2.45, 2.75) is 74.3 Å². The molecule has 6 heterocycles. The molecule has 1 fully saturated rings. The molecule has 7 N–H and O–H groups in total. The van der Waals surface area contributed by atoms with Crippen molar-refractivity contribution in [1.82, 2.24) is 4.90 Å². The van der Waals surface area contributed by atoms with E-state index in [0.717, 1.165) is 0 Å². The molecule has 8 unspecified atom stereocenters. The summed E-state index contributed by atoms with van der Waals surface area (Å²) in [6, 6.07) is 9.59. The molecule has 11 rings (SSSR count). The van der Waals surface area contributed by atoms with Crippen molar-refractivity contribution in [2.24, 2.45) is 0 Å². The van der Waals surface area contributed by atoms with Gasteiger partial charge in [0.25, 0.3) is 5.91 Å². The Morgan fingerprint density at radius 2 is 1.85 bits per heavy atom. The molecule has 16 nitrogen and oxygen atoms in total. The lowest BCUT2D eigenvalue weighted by Crippen LogP contribution is -2.67. The summed E-state index contributed by atoms with van der Waals surface area (Å²) in [5, 5.41) is 37.0. The summed E-state index contributed by atoms with van der Waals surface area (Å²) in [6.07, 6.45) is -1.42. The highest BCUT2D eigenvalue weighted by Crippen LogP contribution is 2.58. The second kappa shape index (κ2) is 15.2. The first-order valence-corrected chi connectivity index (χ1v) is 19.5. The van der Waals surface area contributed by atoms with Crippen LogP contribution in [0.3, 0.4) is 0 Å². The van der Waals surface area contributed by atoms with E-state index in [4.69, 9.17) is 44.8 Å². The van der Waals surface area contributed by atoms with E-state index in [1.165, 1.54) is 31.4 Å². The Bertz CT molecular complexity index is 2360. The van der Waals surface area contributed by atoms with Crippen molar-refractivity contribution < 1.29 is 68.6 Å². The first-order chi connectivity index (χ1) is 28.4. The Kier molecular flexibility index (Phi) is 10.5. The molecule has 2 aliphatic carbocycles. The fourth-order valence-electron chi connectivity index (χ4n) is 8.68. The van der Waals surface area contributed by atoms with Gasteiger partial charge in [0.1, 0.15) is 37.0 Å². The van der Waals surface area contributed by atoms with Gasteiger partial charge in [0, 0.05) is 17.2 Å². The average molecular weight is 847 g/mol. The number of amides is 1.